The SMILES string of the molecule is O=C(NC[C@H]1Cc2ccccc21)N1CCCC[C@@H]1c1cn[nH]c1. The van der Waals surface area contributed by atoms with Crippen LogP contribution in [0.2, 0.25) is 0 Å². The Morgan fingerprint density at radius 3 is 3.09 bits per heavy atom. The van der Waals surface area contributed by atoms with Crippen molar-refractivity contribution in [2.24, 2.45) is 0 Å². The lowest BCUT2D eigenvalue weighted by atomic mass is 9.78. The number of hydrogen-bond acceptors (Lipinski definition) is 2. The largest absolute Gasteiger partial charge is 0.337 e. The molecule has 1 saturated heterocycles. The van der Waals surface area contributed by atoms with E-state index >= 15 is 0 Å². The van der Waals surface area contributed by atoms with Gasteiger partial charge in [-0.3, -0.25) is 5.10 Å². The molecule has 1 aromatic carbocycles. The van der Waals surface area contributed by atoms with Gasteiger partial charge in [0.05, 0.1) is 12.2 Å². The van der Waals surface area contributed by atoms with E-state index in [4.69, 9.17) is 0 Å². The van der Waals surface area contributed by atoms with Gasteiger partial charge in [-0.1, -0.05) is 24.3 Å². The van der Waals surface area contributed by atoms with E-state index < -0.39 is 0 Å². The molecule has 2 atom stereocenters. The first-order valence-electron chi connectivity index (χ1n) is 8.44. The summed E-state index contributed by atoms with van der Waals surface area (Å²) in [5, 5.41) is 10.0. The van der Waals surface area contributed by atoms with Gasteiger partial charge < -0.3 is 10.2 Å². The molecule has 1 aliphatic heterocycles. The van der Waals surface area contributed by atoms with Crippen LogP contribution in [0.1, 0.15) is 47.9 Å². The van der Waals surface area contributed by atoms with Gasteiger partial charge in [0.15, 0.2) is 0 Å². The molecule has 0 saturated carbocycles. The average molecular weight is 310 g/mol. The fourth-order valence-corrected chi connectivity index (χ4v) is 3.82. The van der Waals surface area contributed by atoms with Gasteiger partial charge in [-0.25, -0.2) is 4.79 Å². The molecule has 2 aliphatic rings. The van der Waals surface area contributed by atoms with Crippen LogP contribution in [-0.4, -0.2) is 34.2 Å². The molecule has 2 heterocycles. The number of nitrogens with one attached hydrogen (secondary N) is 2. The van der Waals surface area contributed by atoms with Crippen molar-refractivity contribution < 1.29 is 4.79 Å². The molecule has 0 spiro atoms. The number of H-pyrrole nitrogens is 1. The van der Waals surface area contributed by atoms with Crippen molar-refractivity contribution in [1.82, 2.24) is 20.4 Å². The molecule has 2 amide bonds. The summed E-state index contributed by atoms with van der Waals surface area (Å²) in [6, 6.07) is 8.71. The van der Waals surface area contributed by atoms with Crippen LogP contribution in [0, 0.1) is 0 Å². The monoisotopic (exact) mass is 310 g/mol. The second-order valence-electron chi connectivity index (χ2n) is 6.52. The van der Waals surface area contributed by atoms with E-state index in [9.17, 15) is 4.79 Å². The van der Waals surface area contributed by atoms with Gasteiger partial charge in [0.25, 0.3) is 0 Å². The minimum Gasteiger partial charge on any atom is -0.337 e. The Morgan fingerprint density at radius 2 is 2.26 bits per heavy atom. The summed E-state index contributed by atoms with van der Waals surface area (Å²) in [5.74, 6) is 0.465. The number of amides is 2. The molecular weight excluding hydrogens is 288 g/mol. The fraction of sp³-hybridized carbons (Fsp3) is 0.444. The first kappa shape index (κ1) is 14.3. The maximum Gasteiger partial charge on any atom is 0.317 e. The molecule has 1 aromatic heterocycles. The maximum atomic E-state index is 12.6. The number of aromatic amines is 1. The highest BCUT2D eigenvalue weighted by molar-refractivity contribution is 5.75. The van der Waals surface area contributed by atoms with E-state index in [2.05, 4.69) is 39.8 Å². The van der Waals surface area contributed by atoms with E-state index in [1.807, 2.05) is 17.3 Å². The minimum atomic E-state index is 0.0558. The van der Waals surface area contributed by atoms with Crippen LogP contribution >= 0.6 is 0 Å². The maximum absolute atomic E-state index is 12.6. The first-order valence-corrected chi connectivity index (χ1v) is 8.44. The number of hydrogen-bond donors (Lipinski definition) is 2. The van der Waals surface area contributed by atoms with Gasteiger partial charge in [0.2, 0.25) is 0 Å². The fourth-order valence-electron chi connectivity index (χ4n) is 3.82. The van der Waals surface area contributed by atoms with E-state index in [1.165, 1.54) is 11.1 Å². The third kappa shape index (κ3) is 2.71. The molecule has 5 nitrogen and oxygen atoms in total. The van der Waals surface area contributed by atoms with E-state index in [1.54, 1.807) is 0 Å². The van der Waals surface area contributed by atoms with Crippen LogP contribution in [0.4, 0.5) is 4.79 Å². The number of likely N-dealkylation sites (tertiary alicyclic amines) is 1. The number of piperidine rings is 1. The third-order valence-electron chi connectivity index (χ3n) is 5.13. The van der Waals surface area contributed by atoms with Crippen molar-refractivity contribution in [3.8, 4) is 0 Å². The number of fused-ring (bicyclic) bond motifs is 1. The van der Waals surface area contributed by atoms with Gasteiger partial charge in [0.1, 0.15) is 0 Å². The third-order valence-corrected chi connectivity index (χ3v) is 5.13. The summed E-state index contributed by atoms with van der Waals surface area (Å²) in [7, 11) is 0. The lowest BCUT2D eigenvalue weighted by Gasteiger charge is -2.36. The number of benzene rings is 1. The van der Waals surface area contributed by atoms with Crippen LogP contribution in [0.5, 0.6) is 0 Å². The molecular formula is C18H22N4O. The molecule has 0 unspecified atom stereocenters. The van der Waals surface area contributed by atoms with Crippen LogP contribution in [0.25, 0.3) is 0 Å². The lowest BCUT2D eigenvalue weighted by Crippen LogP contribution is -2.46. The Labute approximate surface area is 136 Å². The molecule has 0 radical (unpaired) electrons. The van der Waals surface area contributed by atoms with Crippen molar-refractivity contribution in [2.45, 2.75) is 37.6 Å². The summed E-state index contributed by atoms with van der Waals surface area (Å²) >= 11 is 0. The first-order chi connectivity index (χ1) is 11.3. The van der Waals surface area contributed by atoms with Crippen molar-refractivity contribution in [2.75, 3.05) is 13.1 Å². The van der Waals surface area contributed by atoms with Gasteiger partial charge in [-0.2, -0.15) is 5.10 Å². The smallest absolute Gasteiger partial charge is 0.317 e. The van der Waals surface area contributed by atoms with Crippen molar-refractivity contribution >= 4 is 6.03 Å². The minimum absolute atomic E-state index is 0.0558. The van der Waals surface area contributed by atoms with Gasteiger partial charge in [-0.15, -0.1) is 0 Å². The van der Waals surface area contributed by atoms with E-state index in [0.717, 1.165) is 44.3 Å². The van der Waals surface area contributed by atoms with Crippen LogP contribution in [0.15, 0.2) is 36.7 Å². The van der Waals surface area contributed by atoms with Gasteiger partial charge in [0, 0.05) is 30.8 Å². The average Bonchev–Trinajstić information content (AvgIpc) is 3.10. The summed E-state index contributed by atoms with van der Waals surface area (Å²) in [6.45, 7) is 1.55. The number of aromatic nitrogens is 2. The highest BCUT2D eigenvalue weighted by atomic mass is 16.2. The van der Waals surface area contributed by atoms with Crippen LogP contribution in [0.3, 0.4) is 0 Å². The Hall–Kier alpha value is -2.30. The number of nitrogens with zero attached hydrogens (tertiary/aromatic N) is 2. The number of rotatable bonds is 3. The molecule has 5 heteroatoms. The summed E-state index contributed by atoms with van der Waals surface area (Å²) < 4.78 is 0. The number of carbonyl (C=O) groups is 1. The predicted molar refractivity (Wildman–Crippen MR) is 88.2 cm³/mol. The van der Waals surface area contributed by atoms with Gasteiger partial charge >= 0.3 is 6.03 Å². The lowest BCUT2D eigenvalue weighted by molar-refractivity contribution is 0.151. The van der Waals surface area contributed by atoms with E-state index in [-0.39, 0.29) is 12.1 Å². The van der Waals surface area contributed by atoms with Crippen molar-refractivity contribution in [3.05, 3.63) is 53.3 Å². The summed E-state index contributed by atoms with van der Waals surface area (Å²) in [6.07, 6.45) is 8.06. The second kappa shape index (κ2) is 6.07. The molecule has 0 bridgehead atoms. The van der Waals surface area contributed by atoms with Crippen molar-refractivity contribution in [3.63, 3.8) is 0 Å². The molecule has 2 aromatic rings. The Balaban J connectivity index is 1.38. The van der Waals surface area contributed by atoms with Crippen LogP contribution < -0.4 is 5.32 Å². The quantitative estimate of drug-likeness (QED) is 0.915. The standard InChI is InChI=1S/C18H22N4O/c23-18(19-10-14-9-13-5-1-2-6-16(13)14)22-8-4-3-7-17(22)15-11-20-21-12-15/h1-2,5-6,11-12,14,17H,3-4,7-10H2,(H,19,23)(H,20,21)/t14-,17-/m1/s1. The van der Waals surface area contributed by atoms with Crippen LogP contribution in [-0.2, 0) is 6.42 Å². The number of carbonyl (C=O) groups excluding carboxylic acids is 1. The second-order valence-corrected chi connectivity index (χ2v) is 6.52. The zero-order valence-corrected chi connectivity index (χ0v) is 13.2. The summed E-state index contributed by atoms with van der Waals surface area (Å²) in [5.41, 5.74) is 3.91. The highest BCUT2D eigenvalue weighted by Crippen LogP contribution is 2.34. The van der Waals surface area contributed by atoms with Gasteiger partial charge in [-0.05, 0) is 36.8 Å². The zero-order chi connectivity index (χ0) is 15.6. The van der Waals surface area contributed by atoms with Crippen molar-refractivity contribution in [1.29, 1.82) is 0 Å². The molecule has 120 valence electrons. The predicted octanol–water partition coefficient (Wildman–Crippen LogP) is 2.99. The Morgan fingerprint density at radius 1 is 1.35 bits per heavy atom. The number of urea groups is 1. The normalized spacial score (nSPS) is 23.0. The Bertz CT molecular complexity index is 682. The molecule has 1 fully saturated rings. The zero-order valence-electron chi connectivity index (χ0n) is 13.2. The molecule has 23 heavy (non-hydrogen) atoms. The van der Waals surface area contributed by atoms with E-state index in [0.29, 0.717) is 5.92 Å². The highest BCUT2D eigenvalue weighted by Gasteiger charge is 2.30. The Kier molecular flexibility index (Phi) is 3.77. The molecule has 1 aliphatic carbocycles. The topological polar surface area (TPSA) is 61.0 Å². The molecule has 4 rings (SSSR count). The summed E-state index contributed by atoms with van der Waals surface area (Å²) in [4.78, 5) is 14.6. The molecule has 2 N–H and O–H groups in total.